The van der Waals surface area contributed by atoms with Gasteiger partial charge in [-0.25, -0.2) is 0 Å². The molecule has 1 aliphatic rings. The Kier molecular flexibility index (Phi) is 6.96. The van der Waals surface area contributed by atoms with Crippen molar-refractivity contribution in [2.24, 2.45) is 0 Å². The zero-order chi connectivity index (χ0) is 18.4. The first-order chi connectivity index (χ1) is 11.9. The second-order valence-corrected chi connectivity index (χ2v) is 6.83. The van der Waals surface area contributed by atoms with Crippen LogP contribution in [0.1, 0.15) is 29.5 Å². The average Bonchev–Trinajstić information content (AvgIpc) is 2.56. The Morgan fingerprint density at radius 1 is 1.20 bits per heavy atom. The average molecular weight is 347 g/mol. The molecular formula is C19H29N3O3. The Balaban J connectivity index is 1.91. The smallest absolute Gasteiger partial charge is 0.313 e. The third kappa shape index (κ3) is 5.54. The summed E-state index contributed by atoms with van der Waals surface area (Å²) in [6.07, 6.45) is 1.90. The summed E-state index contributed by atoms with van der Waals surface area (Å²) >= 11 is 0. The maximum atomic E-state index is 12.3. The Hall–Kier alpha value is -1.92. The van der Waals surface area contributed by atoms with Crippen molar-refractivity contribution in [3.05, 3.63) is 28.8 Å². The monoisotopic (exact) mass is 347 g/mol. The van der Waals surface area contributed by atoms with Gasteiger partial charge in [0.1, 0.15) is 0 Å². The molecule has 1 aromatic carbocycles. The first-order valence-corrected chi connectivity index (χ1v) is 8.81. The van der Waals surface area contributed by atoms with Gasteiger partial charge >= 0.3 is 11.8 Å². The van der Waals surface area contributed by atoms with E-state index in [4.69, 9.17) is 4.74 Å². The van der Waals surface area contributed by atoms with E-state index >= 15 is 0 Å². The molecule has 1 saturated heterocycles. The van der Waals surface area contributed by atoms with Gasteiger partial charge in [0.2, 0.25) is 0 Å². The summed E-state index contributed by atoms with van der Waals surface area (Å²) in [5, 5.41) is 5.62. The fraction of sp³-hybridized carbons (Fsp3) is 0.579. The van der Waals surface area contributed by atoms with Crippen LogP contribution in [0.5, 0.6) is 0 Å². The van der Waals surface area contributed by atoms with E-state index in [1.807, 2.05) is 32.9 Å². The molecule has 0 saturated carbocycles. The number of likely N-dealkylation sites (tertiary alicyclic amines) is 1. The van der Waals surface area contributed by atoms with Crippen molar-refractivity contribution >= 4 is 17.5 Å². The quantitative estimate of drug-likeness (QED) is 0.797. The van der Waals surface area contributed by atoms with Gasteiger partial charge in [-0.1, -0.05) is 17.7 Å². The number of hydrogen-bond donors (Lipinski definition) is 2. The highest BCUT2D eigenvalue weighted by Crippen LogP contribution is 2.21. The topological polar surface area (TPSA) is 70.7 Å². The normalized spacial score (nSPS) is 18.0. The lowest BCUT2D eigenvalue weighted by atomic mass is 10.0. The highest BCUT2D eigenvalue weighted by atomic mass is 16.5. The van der Waals surface area contributed by atoms with Crippen molar-refractivity contribution in [1.29, 1.82) is 0 Å². The van der Waals surface area contributed by atoms with Crippen LogP contribution in [0.4, 0.5) is 5.69 Å². The van der Waals surface area contributed by atoms with Crippen molar-refractivity contribution in [2.75, 3.05) is 38.7 Å². The Bertz CT molecular complexity index is 607. The molecule has 0 spiro atoms. The Morgan fingerprint density at radius 3 is 2.52 bits per heavy atom. The number of anilines is 1. The number of ether oxygens (including phenoxy) is 1. The number of methoxy groups -OCH3 is 1. The fourth-order valence-corrected chi connectivity index (χ4v) is 3.40. The van der Waals surface area contributed by atoms with Crippen LogP contribution in [0.2, 0.25) is 0 Å². The predicted molar refractivity (Wildman–Crippen MR) is 98.8 cm³/mol. The van der Waals surface area contributed by atoms with Crippen LogP contribution in [0.15, 0.2) is 12.1 Å². The van der Waals surface area contributed by atoms with Crippen molar-refractivity contribution in [3.8, 4) is 0 Å². The highest BCUT2D eigenvalue weighted by molar-refractivity contribution is 6.39. The van der Waals surface area contributed by atoms with Crippen molar-refractivity contribution < 1.29 is 14.3 Å². The van der Waals surface area contributed by atoms with Gasteiger partial charge in [0, 0.05) is 31.9 Å². The minimum Gasteiger partial charge on any atom is -0.383 e. The van der Waals surface area contributed by atoms with E-state index in [1.54, 1.807) is 7.11 Å². The van der Waals surface area contributed by atoms with Gasteiger partial charge in [-0.2, -0.15) is 0 Å². The van der Waals surface area contributed by atoms with E-state index in [0.717, 1.165) is 54.9 Å². The van der Waals surface area contributed by atoms with Gasteiger partial charge in [-0.15, -0.1) is 0 Å². The zero-order valence-corrected chi connectivity index (χ0v) is 15.6. The summed E-state index contributed by atoms with van der Waals surface area (Å²) < 4.78 is 5.10. The van der Waals surface area contributed by atoms with E-state index in [1.165, 1.54) is 0 Å². The van der Waals surface area contributed by atoms with E-state index in [-0.39, 0.29) is 6.04 Å². The minimum atomic E-state index is -0.607. The molecule has 0 unspecified atom stereocenters. The molecule has 1 aromatic rings. The molecule has 0 aromatic heterocycles. The summed E-state index contributed by atoms with van der Waals surface area (Å²) in [6, 6.07) is 3.99. The number of carbonyl (C=O) groups excluding carboxylic acids is 2. The Morgan fingerprint density at radius 2 is 1.88 bits per heavy atom. The third-order valence-corrected chi connectivity index (χ3v) is 4.57. The van der Waals surface area contributed by atoms with Crippen molar-refractivity contribution in [2.45, 2.75) is 39.7 Å². The number of aryl methyl sites for hydroxylation is 3. The van der Waals surface area contributed by atoms with E-state index in [2.05, 4.69) is 15.5 Å². The van der Waals surface area contributed by atoms with Crippen LogP contribution in [0.25, 0.3) is 0 Å². The fourth-order valence-electron chi connectivity index (χ4n) is 3.40. The number of nitrogens with zero attached hydrogens (tertiary/aromatic N) is 1. The van der Waals surface area contributed by atoms with Gasteiger partial charge in [0.25, 0.3) is 0 Å². The predicted octanol–water partition coefficient (Wildman–Crippen LogP) is 1.78. The number of piperidine rings is 1. The summed E-state index contributed by atoms with van der Waals surface area (Å²) in [6.45, 7) is 9.15. The van der Waals surface area contributed by atoms with E-state index in [0.29, 0.717) is 6.61 Å². The van der Waals surface area contributed by atoms with Crippen LogP contribution in [-0.2, 0) is 14.3 Å². The molecule has 1 aliphatic heterocycles. The lowest BCUT2D eigenvalue weighted by Gasteiger charge is -2.32. The second kappa shape index (κ2) is 8.97. The molecule has 2 N–H and O–H groups in total. The highest BCUT2D eigenvalue weighted by Gasteiger charge is 2.24. The molecular weight excluding hydrogens is 318 g/mol. The molecule has 2 rings (SSSR count). The largest absolute Gasteiger partial charge is 0.383 e. The maximum Gasteiger partial charge on any atom is 0.313 e. The zero-order valence-electron chi connectivity index (χ0n) is 15.6. The summed E-state index contributed by atoms with van der Waals surface area (Å²) in [5.74, 6) is -1.18. The molecule has 6 nitrogen and oxygen atoms in total. The van der Waals surface area contributed by atoms with E-state index < -0.39 is 11.8 Å². The standard InChI is InChI=1S/C19H29N3O3/c1-13-10-14(2)17(15(3)11-13)21-19(24)18(23)20-16-6-5-7-22(12-16)8-9-25-4/h10-11,16H,5-9,12H2,1-4H3,(H,20,23)(H,21,24)/t16-/m0/s1. The van der Waals surface area contributed by atoms with Gasteiger partial charge in [-0.3, -0.25) is 14.5 Å². The van der Waals surface area contributed by atoms with Crippen LogP contribution < -0.4 is 10.6 Å². The molecule has 1 heterocycles. The van der Waals surface area contributed by atoms with Crippen molar-refractivity contribution in [1.82, 2.24) is 10.2 Å². The first kappa shape index (κ1) is 19.4. The summed E-state index contributed by atoms with van der Waals surface area (Å²) in [5.41, 5.74) is 3.77. The summed E-state index contributed by atoms with van der Waals surface area (Å²) in [4.78, 5) is 26.8. The molecule has 0 aliphatic carbocycles. The van der Waals surface area contributed by atoms with Crippen LogP contribution in [0.3, 0.4) is 0 Å². The number of benzene rings is 1. The minimum absolute atomic E-state index is 0.00377. The number of rotatable bonds is 5. The SMILES string of the molecule is COCCN1CCC[C@H](NC(=O)C(=O)Nc2c(C)cc(C)cc2C)C1. The lowest BCUT2D eigenvalue weighted by molar-refractivity contribution is -0.136. The van der Waals surface area contributed by atoms with Gasteiger partial charge in [0.05, 0.1) is 6.61 Å². The second-order valence-electron chi connectivity index (χ2n) is 6.83. The van der Waals surface area contributed by atoms with Crippen molar-refractivity contribution in [3.63, 3.8) is 0 Å². The first-order valence-electron chi connectivity index (χ1n) is 8.81. The van der Waals surface area contributed by atoms with Gasteiger partial charge in [-0.05, 0) is 51.3 Å². The van der Waals surface area contributed by atoms with Crippen LogP contribution in [-0.4, -0.2) is 56.1 Å². The molecule has 138 valence electrons. The third-order valence-electron chi connectivity index (χ3n) is 4.57. The van der Waals surface area contributed by atoms with Gasteiger partial charge < -0.3 is 15.4 Å². The number of carbonyl (C=O) groups is 2. The number of hydrogen-bond acceptors (Lipinski definition) is 4. The molecule has 25 heavy (non-hydrogen) atoms. The number of amides is 2. The van der Waals surface area contributed by atoms with Crippen LogP contribution >= 0.6 is 0 Å². The molecule has 0 radical (unpaired) electrons. The van der Waals surface area contributed by atoms with Gasteiger partial charge in [0.15, 0.2) is 0 Å². The summed E-state index contributed by atoms with van der Waals surface area (Å²) in [7, 11) is 1.68. The molecule has 6 heteroatoms. The molecule has 0 bridgehead atoms. The molecule has 2 amide bonds. The molecule has 1 atom stereocenters. The lowest BCUT2D eigenvalue weighted by Crippen LogP contribution is -2.50. The van der Waals surface area contributed by atoms with E-state index in [9.17, 15) is 9.59 Å². The number of nitrogens with one attached hydrogen (secondary N) is 2. The molecule has 1 fully saturated rings. The Labute approximate surface area is 149 Å². The van der Waals surface area contributed by atoms with Crippen LogP contribution in [0, 0.1) is 20.8 Å². The maximum absolute atomic E-state index is 12.3.